The molecule has 1 fully saturated rings. The molecule has 1 rings (SSSR count). The number of hydrogen-bond acceptors (Lipinski definition) is 3. The van der Waals surface area contributed by atoms with Crippen LogP contribution >= 0.6 is 0 Å². The summed E-state index contributed by atoms with van der Waals surface area (Å²) in [4.78, 5) is 11.8. The highest BCUT2D eigenvalue weighted by Gasteiger charge is 2.35. The van der Waals surface area contributed by atoms with Crippen LogP contribution in [0.5, 0.6) is 0 Å². The molecular formula is C16H32N2O2. The fourth-order valence-electron chi connectivity index (χ4n) is 2.79. The fraction of sp³-hybridized carbons (Fsp3) is 0.938. The molecule has 0 aliphatic heterocycles. The average molecular weight is 284 g/mol. The summed E-state index contributed by atoms with van der Waals surface area (Å²) in [5, 5.41) is 2.91. The van der Waals surface area contributed by atoms with Gasteiger partial charge in [0.2, 0.25) is 5.91 Å². The van der Waals surface area contributed by atoms with Crippen molar-refractivity contribution in [2.24, 2.45) is 17.6 Å². The summed E-state index contributed by atoms with van der Waals surface area (Å²) in [6, 6.07) is 0. The molecule has 0 saturated heterocycles. The summed E-state index contributed by atoms with van der Waals surface area (Å²) in [6.45, 7) is 7.93. The van der Waals surface area contributed by atoms with Crippen LogP contribution in [0.1, 0.15) is 59.3 Å². The number of carbonyl (C=O) groups excluding carboxylic acids is 1. The molecule has 0 radical (unpaired) electrons. The Morgan fingerprint density at radius 1 is 1.40 bits per heavy atom. The van der Waals surface area contributed by atoms with E-state index in [0.717, 1.165) is 31.7 Å². The monoisotopic (exact) mass is 284 g/mol. The summed E-state index contributed by atoms with van der Waals surface area (Å²) >= 11 is 0. The highest BCUT2D eigenvalue weighted by molar-refractivity contribution is 5.77. The molecule has 0 atom stereocenters. The zero-order valence-corrected chi connectivity index (χ0v) is 13.4. The van der Waals surface area contributed by atoms with Crippen molar-refractivity contribution in [2.45, 2.75) is 64.9 Å². The average Bonchev–Trinajstić information content (AvgIpc) is 2.45. The van der Waals surface area contributed by atoms with Gasteiger partial charge in [-0.1, -0.05) is 27.2 Å². The highest BCUT2D eigenvalue weighted by atomic mass is 16.5. The Kier molecular flexibility index (Phi) is 7.52. The first-order valence-corrected chi connectivity index (χ1v) is 8.12. The Morgan fingerprint density at radius 2 is 2.05 bits per heavy atom. The van der Waals surface area contributed by atoms with Crippen LogP contribution in [0.2, 0.25) is 0 Å². The lowest BCUT2D eigenvalue weighted by atomic mass is 9.77. The first-order chi connectivity index (χ1) is 9.51. The van der Waals surface area contributed by atoms with Crippen LogP contribution in [0.4, 0.5) is 0 Å². The van der Waals surface area contributed by atoms with Gasteiger partial charge < -0.3 is 15.8 Å². The number of nitrogens with two attached hydrogens (primary N) is 1. The Bertz CT molecular complexity index is 284. The van der Waals surface area contributed by atoms with E-state index in [-0.39, 0.29) is 18.1 Å². The summed E-state index contributed by atoms with van der Waals surface area (Å²) in [7, 11) is 0. The molecule has 4 heteroatoms. The van der Waals surface area contributed by atoms with E-state index < -0.39 is 0 Å². The van der Waals surface area contributed by atoms with Crippen LogP contribution in [0.3, 0.4) is 0 Å². The second-order valence-corrected chi connectivity index (χ2v) is 6.56. The Balaban J connectivity index is 2.29. The molecule has 20 heavy (non-hydrogen) atoms. The molecule has 0 aromatic heterocycles. The van der Waals surface area contributed by atoms with Gasteiger partial charge in [-0.2, -0.15) is 0 Å². The minimum Gasteiger partial charge on any atom is -0.364 e. The second-order valence-electron chi connectivity index (χ2n) is 6.56. The first kappa shape index (κ1) is 17.4. The van der Waals surface area contributed by atoms with E-state index in [4.69, 9.17) is 10.5 Å². The Hall–Kier alpha value is -0.610. The highest BCUT2D eigenvalue weighted by Crippen LogP contribution is 2.35. The Morgan fingerprint density at radius 3 is 2.55 bits per heavy atom. The van der Waals surface area contributed by atoms with Crippen molar-refractivity contribution in [2.75, 3.05) is 19.7 Å². The van der Waals surface area contributed by atoms with E-state index in [9.17, 15) is 4.79 Å². The maximum Gasteiger partial charge on any atom is 0.246 e. The molecule has 0 heterocycles. The van der Waals surface area contributed by atoms with Crippen molar-refractivity contribution in [1.29, 1.82) is 0 Å². The standard InChI is InChI=1S/C16H32N2O2/c1-4-14-5-8-16(12-17,9-6-14)20-11-15(19)18-10-7-13(2)3/h13-14H,4-12,17H2,1-3H3,(H,18,19). The van der Waals surface area contributed by atoms with Crippen LogP contribution in [0.25, 0.3) is 0 Å². The minimum atomic E-state index is -0.263. The van der Waals surface area contributed by atoms with Gasteiger partial charge in [0.05, 0.1) is 5.60 Å². The lowest BCUT2D eigenvalue weighted by Gasteiger charge is -2.39. The zero-order valence-electron chi connectivity index (χ0n) is 13.4. The van der Waals surface area contributed by atoms with Crippen molar-refractivity contribution >= 4 is 5.91 Å². The van der Waals surface area contributed by atoms with E-state index in [1.54, 1.807) is 0 Å². The van der Waals surface area contributed by atoms with Gasteiger partial charge in [-0.05, 0) is 43.9 Å². The summed E-state index contributed by atoms with van der Waals surface area (Å²) < 4.78 is 5.89. The molecule has 1 aliphatic rings. The number of hydrogen-bond donors (Lipinski definition) is 2. The molecule has 0 spiro atoms. The lowest BCUT2D eigenvalue weighted by Crippen LogP contribution is -2.46. The zero-order chi connectivity index (χ0) is 15.0. The summed E-state index contributed by atoms with van der Waals surface area (Å²) in [5.74, 6) is 1.39. The lowest BCUT2D eigenvalue weighted by molar-refractivity contribution is -0.136. The molecule has 4 nitrogen and oxygen atoms in total. The molecule has 0 unspecified atom stereocenters. The Labute approximate surface area is 123 Å². The fourth-order valence-corrected chi connectivity index (χ4v) is 2.79. The second kappa shape index (κ2) is 8.63. The molecule has 1 amide bonds. The molecule has 1 aliphatic carbocycles. The van der Waals surface area contributed by atoms with Gasteiger partial charge in [-0.25, -0.2) is 0 Å². The van der Waals surface area contributed by atoms with Crippen molar-refractivity contribution in [1.82, 2.24) is 5.32 Å². The van der Waals surface area contributed by atoms with Gasteiger partial charge in [0.25, 0.3) is 0 Å². The molecule has 1 saturated carbocycles. The summed E-state index contributed by atoms with van der Waals surface area (Å²) in [5.41, 5.74) is 5.63. The molecule has 118 valence electrons. The van der Waals surface area contributed by atoms with Gasteiger partial charge in [0.15, 0.2) is 0 Å². The van der Waals surface area contributed by atoms with Gasteiger partial charge in [-0.15, -0.1) is 0 Å². The van der Waals surface area contributed by atoms with Gasteiger partial charge in [0.1, 0.15) is 6.61 Å². The number of rotatable bonds is 8. The van der Waals surface area contributed by atoms with Crippen LogP contribution < -0.4 is 11.1 Å². The molecule has 0 aromatic carbocycles. The van der Waals surface area contributed by atoms with Crippen molar-refractivity contribution < 1.29 is 9.53 Å². The minimum absolute atomic E-state index is 0.0175. The van der Waals surface area contributed by atoms with Crippen LogP contribution in [-0.4, -0.2) is 31.2 Å². The third-order valence-corrected chi connectivity index (χ3v) is 4.52. The predicted molar refractivity (Wildman–Crippen MR) is 82.5 cm³/mol. The SMILES string of the molecule is CCC1CCC(CN)(OCC(=O)NCCC(C)C)CC1. The smallest absolute Gasteiger partial charge is 0.246 e. The molecule has 0 bridgehead atoms. The summed E-state index contributed by atoms with van der Waals surface area (Å²) in [6.07, 6.45) is 6.55. The number of nitrogens with one attached hydrogen (secondary N) is 1. The third kappa shape index (κ3) is 5.80. The van der Waals surface area contributed by atoms with E-state index in [2.05, 4.69) is 26.1 Å². The van der Waals surface area contributed by atoms with E-state index in [1.165, 1.54) is 19.3 Å². The number of ether oxygens (including phenoxy) is 1. The number of amides is 1. The normalized spacial score (nSPS) is 26.8. The van der Waals surface area contributed by atoms with Crippen molar-refractivity contribution in [3.8, 4) is 0 Å². The maximum absolute atomic E-state index is 11.8. The van der Waals surface area contributed by atoms with E-state index in [1.807, 2.05) is 0 Å². The quantitative estimate of drug-likeness (QED) is 0.719. The third-order valence-electron chi connectivity index (χ3n) is 4.52. The molecular weight excluding hydrogens is 252 g/mol. The molecule has 3 N–H and O–H groups in total. The van der Waals surface area contributed by atoms with Crippen molar-refractivity contribution in [3.05, 3.63) is 0 Å². The van der Waals surface area contributed by atoms with E-state index >= 15 is 0 Å². The topological polar surface area (TPSA) is 64.3 Å². The van der Waals surface area contributed by atoms with Crippen molar-refractivity contribution in [3.63, 3.8) is 0 Å². The first-order valence-electron chi connectivity index (χ1n) is 8.12. The maximum atomic E-state index is 11.8. The van der Waals surface area contributed by atoms with Gasteiger partial charge >= 0.3 is 0 Å². The van der Waals surface area contributed by atoms with Crippen LogP contribution in [0.15, 0.2) is 0 Å². The molecule has 0 aromatic rings. The van der Waals surface area contributed by atoms with E-state index in [0.29, 0.717) is 12.5 Å². The van der Waals surface area contributed by atoms with Crippen LogP contribution in [-0.2, 0) is 9.53 Å². The van der Waals surface area contributed by atoms with Gasteiger partial charge in [0, 0.05) is 13.1 Å². The van der Waals surface area contributed by atoms with Gasteiger partial charge in [-0.3, -0.25) is 4.79 Å². The number of carbonyl (C=O) groups is 1. The van der Waals surface area contributed by atoms with Crippen LogP contribution in [0, 0.1) is 11.8 Å². The predicted octanol–water partition coefficient (Wildman–Crippen LogP) is 2.46. The largest absolute Gasteiger partial charge is 0.364 e.